The van der Waals surface area contributed by atoms with Crippen molar-refractivity contribution in [1.29, 1.82) is 0 Å². The van der Waals surface area contributed by atoms with Gasteiger partial charge in [0, 0.05) is 50.0 Å². The molecule has 0 saturated carbocycles. The molecule has 1 fully saturated rings. The number of nitrogens with two attached hydrogens (primary N) is 1. The summed E-state index contributed by atoms with van der Waals surface area (Å²) in [4.78, 5) is 15.2. The van der Waals surface area contributed by atoms with Gasteiger partial charge in [0.25, 0.3) is 5.69 Å². The number of likely N-dealkylation sites (N-methyl/N-ethyl adjacent to an activating group) is 1. The topological polar surface area (TPSA) is 75.6 Å². The first-order chi connectivity index (χ1) is 9.51. The molecular formula is C14H22N4O2. The molecule has 2 rings (SSSR count). The number of rotatable bonds is 4. The van der Waals surface area contributed by atoms with E-state index in [1.165, 1.54) is 6.07 Å². The van der Waals surface area contributed by atoms with Crippen molar-refractivity contribution in [1.82, 2.24) is 9.80 Å². The lowest BCUT2D eigenvalue weighted by Crippen LogP contribution is -2.51. The number of nitrogens with zero attached hydrogens (tertiary/aromatic N) is 3. The van der Waals surface area contributed by atoms with Crippen molar-refractivity contribution in [2.75, 3.05) is 31.9 Å². The number of hydrogen-bond donors (Lipinski definition) is 1. The average molecular weight is 278 g/mol. The fraction of sp³-hybridized carbons (Fsp3) is 0.571. The predicted molar refractivity (Wildman–Crippen MR) is 79.5 cm³/mol. The Labute approximate surface area is 119 Å². The van der Waals surface area contributed by atoms with Gasteiger partial charge >= 0.3 is 0 Å². The molecule has 1 aliphatic heterocycles. The molecule has 1 heterocycles. The van der Waals surface area contributed by atoms with Crippen molar-refractivity contribution in [3.05, 3.63) is 33.9 Å². The molecular weight excluding hydrogens is 256 g/mol. The second-order valence-corrected chi connectivity index (χ2v) is 5.35. The molecule has 1 aromatic rings. The summed E-state index contributed by atoms with van der Waals surface area (Å²) in [5.41, 5.74) is 7.51. The Morgan fingerprint density at radius 1 is 1.45 bits per heavy atom. The van der Waals surface area contributed by atoms with Gasteiger partial charge in [0.05, 0.1) is 4.92 Å². The van der Waals surface area contributed by atoms with E-state index in [1.54, 1.807) is 12.1 Å². The molecule has 2 N–H and O–H groups in total. The number of anilines is 1. The number of nitro benzene ring substituents is 1. The molecule has 20 heavy (non-hydrogen) atoms. The van der Waals surface area contributed by atoms with Gasteiger partial charge in [-0.25, -0.2) is 0 Å². The molecule has 110 valence electrons. The maximum Gasteiger partial charge on any atom is 0.269 e. The molecule has 1 aromatic carbocycles. The smallest absolute Gasteiger partial charge is 0.269 e. The summed E-state index contributed by atoms with van der Waals surface area (Å²) in [6.45, 7) is 9.10. The van der Waals surface area contributed by atoms with Gasteiger partial charge in [0.15, 0.2) is 0 Å². The Balaban J connectivity index is 2.07. The zero-order valence-corrected chi connectivity index (χ0v) is 12.1. The van der Waals surface area contributed by atoms with E-state index in [0.717, 1.165) is 31.7 Å². The van der Waals surface area contributed by atoms with Crippen molar-refractivity contribution < 1.29 is 4.92 Å². The number of piperazine rings is 1. The van der Waals surface area contributed by atoms with Crippen molar-refractivity contribution in [2.24, 2.45) is 0 Å². The van der Waals surface area contributed by atoms with Crippen LogP contribution in [0.15, 0.2) is 18.2 Å². The summed E-state index contributed by atoms with van der Waals surface area (Å²) in [6, 6.07) is 5.18. The number of nitro groups is 1. The number of hydrogen-bond acceptors (Lipinski definition) is 5. The van der Waals surface area contributed by atoms with Crippen LogP contribution in [0.2, 0.25) is 0 Å². The number of nitrogen functional groups attached to an aromatic ring is 1. The van der Waals surface area contributed by atoms with E-state index in [9.17, 15) is 10.1 Å². The molecule has 0 aliphatic carbocycles. The highest BCUT2D eigenvalue weighted by molar-refractivity contribution is 5.52. The Kier molecular flexibility index (Phi) is 4.57. The summed E-state index contributed by atoms with van der Waals surface area (Å²) in [5, 5.41) is 10.8. The standard InChI is InChI=1S/C14H22N4O2/c1-3-17-7-6-16(9-11(17)2)10-12-8-13(18(19)20)4-5-14(12)15/h4-5,8,11H,3,6-7,9-10,15H2,1-2H3. The third-order valence-electron chi connectivity index (χ3n) is 3.99. The quantitative estimate of drug-likeness (QED) is 0.515. The number of non-ortho nitro benzene ring substituents is 1. The van der Waals surface area contributed by atoms with Crippen LogP contribution in [0.4, 0.5) is 11.4 Å². The van der Waals surface area contributed by atoms with Crippen LogP contribution >= 0.6 is 0 Å². The predicted octanol–water partition coefficient (Wildman–Crippen LogP) is 1.70. The van der Waals surface area contributed by atoms with Crippen LogP contribution in [-0.4, -0.2) is 46.9 Å². The summed E-state index contributed by atoms with van der Waals surface area (Å²) >= 11 is 0. The molecule has 6 nitrogen and oxygen atoms in total. The first-order valence-electron chi connectivity index (χ1n) is 7.00. The van der Waals surface area contributed by atoms with Crippen LogP contribution < -0.4 is 5.73 Å². The van der Waals surface area contributed by atoms with Gasteiger partial charge in [0.1, 0.15) is 0 Å². The molecule has 1 saturated heterocycles. The second-order valence-electron chi connectivity index (χ2n) is 5.35. The Morgan fingerprint density at radius 2 is 2.20 bits per heavy atom. The highest BCUT2D eigenvalue weighted by Gasteiger charge is 2.23. The van der Waals surface area contributed by atoms with Crippen LogP contribution in [0.25, 0.3) is 0 Å². The minimum absolute atomic E-state index is 0.106. The third-order valence-corrected chi connectivity index (χ3v) is 3.99. The van der Waals surface area contributed by atoms with Crippen LogP contribution in [0, 0.1) is 10.1 Å². The molecule has 6 heteroatoms. The fourth-order valence-electron chi connectivity index (χ4n) is 2.77. The first kappa shape index (κ1) is 14.7. The molecule has 0 spiro atoms. The van der Waals surface area contributed by atoms with Crippen molar-refractivity contribution in [2.45, 2.75) is 26.4 Å². The average Bonchev–Trinajstić information content (AvgIpc) is 2.41. The summed E-state index contributed by atoms with van der Waals surface area (Å²) < 4.78 is 0. The largest absolute Gasteiger partial charge is 0.398 e. The van der Waals surface area contributed by atoms with Crippen molar-refractivity contribution in [3.63, 3.8) is 0 Å². The normalized spacial score (nSPS) is 21.0. The lowest BCUT2D eigenvalue weighted by Gasteiger charge is -2.39. The second kappa shape index (κ2) is 6.19. The van der Waals surface area contributed by atoms with E-state index < -0.39 is 0 Å². The first-order valence-corrected chi connectivity index (χ1v) is 7.00. The van der Waals surface area contributed by atoms with Gasteiger partial charge in [0.2, 0.25) is 0 Å². The highest BCUT2D eigenvalue weighted by Crippen LogP contribution is 2.22. The maximum absolute atomic E-state index is 10.8. The molecule has 0 radical (unpaired) electrons. The molecule has 0 aromatic heterocycles. The monoisotopic (exact) mass is 278 g/mol. The lowest BCUT2D eigenvalue weighted by molar-refractivity contribution is -0.384. The van der Waals surface area contributed by atoms with Crippen molar-refractivity contribution in [3.8, 4) is 0 Å². The van der Waals surface area contributed by atoms with E-state index >= 15 is 0 Å². The van der Waals surface area contributed by atoms with Gasteiger partial charge in [-0.3, -0.25) is 19.9 Å². The highest BCUT2D eigenvalue weighted by atomic mass is 16.6. The number of benzene rings is 1. The minimum atomic E-state index is -0.374. The SMILES string of the molecule is CCN1CCN(Cc2cc([N+](=O)[O-])ccc2N)CC1C. The van der Waals surface area contributed by atoms with E-state index in [1.807, 2.05) is 0 Å². The van der Waals surface area contributed by atoms with Gasteiger partial charge in [-0.1, -0.05) is 6.92 Å². The van der Waals surface area contributed by atoms with E-state index in [0.29, 0.717) is 18.3 Å². The minimum Gasteiger partial charge on any atom is -0.398 e. The van der Waals surface area contributed by atoms with Crippen molar-refractivity contribution >= 4 is 11.4 Å². The Hall–Kier alpha value is -1.66. The van der Waals surface area contributed by atoms with E-state index in [-0.39, 0.29) is 10.6 Å². The Morgan fingerprint density at radius 3 is 2.80 bits per heavy atom. The van der Waals surface area contributed by atoms with Gasteiger partial charge in [-0.2, -0.15) is 0 Å². The molecule has 0 bridgehead atoms. The summed E-state index contributed by atoms with van der Waals surface area (Å²) in [5.74, 6) is 0. The van der Waals surface area contributed by atoms with E-state index in [2.05, 4.69) is 23.6 Å². The fourth-order valence-corrected chi connectivity index (χ4v) is 2.77. The van der Waals surface area contributed by atoms with Crippen LogP contribution in [0.1, 0.15) is 19.4 Å². The maximum atomic E-state index is 10.8. The van der Waals surface area contributed by atoms with Gasteiger partial charge in [-0.15, -0.1) is 0 Å². The Bertz CT molecular complexity index is 492. The van der Waals surface area contributed by atoms with Crippen LogP contribution in [-0.2, 0) is 6.54 Å². The molecule has 1 aliphatic rings. The zero-order valence-electron chi connectivity index (χ0n) is 12.1. The van der Waals surface area contributed by atoms with Gasteiger partial charge < -0.3 is 5.73 Å². The zero-order chi connectivity index (χ0) is 14.7. The molecule has 1 atom stereocenters. The molecule has 0 amide bonds. The van der Waals surface area contributed by atoms with E-state index in [4.69, 9.17) is 5.73 Å². The van der Waals surface area contributed by atoms with Crippen LogP contribution in [0.5, 0.6) is 0 Å². The summed E-state index contributed by atoms with van der Waals surface area (Å²) in [6.07, 6.45) is 0. The lowest BCUT2D eigenvalue weighted by atomic mass is 10.1. The third kappa shape index (κ3) is 3.26. The summed E-state index contributed by atoms with van der Waals surface area (Å²) in [7, 11) is 0. The van der Waals surface area contributed by atoms with Crippen LogP contribution in [0.3, 0.4) is 0 Å². The molecule has 1 unspecified atom stereocenters. The van der Waals surface area contributed by atoms with Gasteiger partial charge in [-0.05, 0) is 25.1 Å².